The fourth-order valence-corrected chi connectivity index (χ4v) is 0. The third kappa shape index (κ3) is 6180000. The van der Waals surface area contributed by atoms with Gasteiger partial charge in [-0.25, -0.2) is 0 Å². The molecule has 2 N–H and O–H groups in total. The van der Waals surface area contributed by atoms with Crippen LogP contribution in [0.15, 0.2) is 0 Å². The van der Waals surface area contributed by atoms with Crippen LogP contribution < -0.4 is 0 Å². The van der Waals surface area contributed by atoms with Crippen molar-refractivity contribution in [2.45, 2.75) is 0 Å². The lowest BCUT2D eigenvalue weighted by molar-refractivity contribution is 0.405. The fraction of sp³-hybridized carbons (Fsp3) is 0. The lowest BCUT2D eigenvalue weighted by atomic mass is 10.5. The summed E-state index contributed by atoms with van der Waals surface area (Å²) >= 11 is 0. The fourth-order valence-electron chi connectivity index (χ4n) is 0. The van der Waals surface area contributed by atoms with Crippen LogP contribution in [0.25, 0.3) is 0 Å². The molecule has 0 heterocycles. The standard InChI is InChI=1S/BF3.H3O3P/c2-1(3)4;1-4(2)3/h;4H,(H2,1,2,3). The smallest absolute Gasteiger partial charge is 0.326 e. The van der Waals surface area contributed by atoms with Gasteiger partial charge in [0.2, 0.25) is 0 Å². The number of halogens is 3. The van der Waals surface area contributed by atoms with E-state index < -0.39 is 15.8 Å². The summed E-state index contributed by atoms with van der Waals surface area (Å²) in [5.74, 6) is 0. The van der Waals surface area contributed by atoms with Gasteiger partial charge in [-0.1, -0.05) is 0 Å². The second-order valence-electron chi connectivity index (χ2n) is 0.530. The lowest BCUT2D eigenvalue weighted by Gasteiger charge is -1.61. The van der Waals surface area contributed by atoms with Crippen LogP contribution >= 0.6 is 8.25 Å². The van der Waals surface area contributed by atoms with Crippen LogP contribution in [0.5, 0.6) is 0 Å². The van der Waals surface area contributed by atoms with Crippen LogP contribution in [-0.4, -0.2) is 17.3 Å². The Balaban J connectivity index is 0. The van der Waals surface area contributed by atoms with Crippen molar-refractivity contribution in [1.29, 1.82) is 0 Å². The minimum Gasteiger partial charge on any atom is -0.326 e. The highest BCUT2D eigenvalue weighted by molar-refractivity contribution is 7.30. The Bertz CT molecular complexity index is 58.8. The second-order valence-corrected chi connectivity index (χ2v) is 1.10. The molecular formula is H3BF3O3P. The first-order chi connectivity index (χ1) is 3.46. The van der Waals surface area contributed by atoms with Crippen molar-refractivity contribution in [1.82, 2.24) is 0 Å². The molecule has 0 bridgehead atoms. The normalized spacial score (nSPS) is 7.75. The van der Waals surface area contributed by atoms with Gasteiger partial charge in [0.1, 0.15) is 0 Å². The van der Waals surface area contributed by atoms with Gasteiger partial charge < -0.3 is 9.79 Å². The average molecular weight is 150 g/mol. The molecular weight excluding hydrogens is 147 g/mol. The molecule has 3 nitrogen and oxygen atoms in total. The molecule has 0 unspecified atom stereocenters. The van der Waals surface area contributed by atoms with Gasteiger partial charge in [0, 0.05) is 0 Å². The van der Waals surface area contributed by atoms with Gasteiger partial charge in [-0.3, -0.25) is 17.5 Å². The molecule has 0 rings (SSSR count). The lowest BCUT2D eigenvalue weighted by Crippen LogP contribution is -1.76. The van der Waals surface area contributed by atoms with Gasteiger partial charge in [0.25, 0.3) is 0 Å². The van der Waals surface area contributed by atoms with Gasteiger partial charge in [-0.2, -0.15) is 0 Å². The molecule has 0 spiro atoms. The van der Waals surface area contributed by atoms with E-state index in [2.05, 4.69) is 0 Å². The highest BCUT2D eigenvalue weighted by atomic mass is 31.1. The third-order valence-electron chi connectivity index (χ3n) is 0. The van der Waals surface area contributed by atoms with E-state index in [1.807, 2.05) is 0 Å². The van der Waals surface area contributed by atoms with Crippen molar-refractivity contribution in [3.63, 3.8) is 0 Å². The van der Waals surface area contributed by atoms with Crippen LogP contribution in [-0.2, 0) is 4.57 Å². The first-order valence-corrected chi connectivity index (χ1v) is 2.61. The second kappa shape index (κ2) is 7.00. The molecule has 0 radical (unpaired) electrons. The van der Waals surface area contributed by atoms with E-state index in [-0.39, 0.29) is 0 Å². The summed E-state index contributed by atoms with van der Waals surface area (Å²) in [5, 5.41) is 0. The third-order valence-corrected chi connectivity index (χ3v) is 0. The van der Waals surface area contributed by atoms with Crippen molar-refractivity contribution in [2.75, 3.05) is 0 Å². The SMILES string of the molecule is FB(F)F.O=[PH](O)O. The zero-order valence-electron chi connectivity index (χ0n) is 3.51. The molecule has 0 aliphatic rings. The quantitative estimate of drug-likeness (QED) is 0.384. The summed E-state index contributed by atoms with van der Waals surface area (Å²) in [4.78, 5) is 14.3. The molecule has 0 aliphatic heterocycles. The Labute approximate surface area is 44.3 Å². The topological polar surface area (TPSA) is 57.5 Å². The van der Waals surface area contributed by atoms with Crippen molar-refractivity contribution < 1.29 is 27.3 Å². The Morgan fingerprint density at radius 1 is 1.25 bits per heavy atom. The molecule has 0 aliphatic carbocycles. The summed E-state index contributed by atoms with van der Waals surface area (Å²) in [7, 11) is -6.80. The van der Waals surface area contributed by atoms with Crippen LogP contribution in [0.4, 0.5) is 12.9 Å². The molecule has 0 saturated heterocycles. The highest BCUT2D eigenvalue weighted by Gasteiger charge is 2.06. The van der Waals surface area contributed by atoms with Crippen molar-refractivity contribution >= 4 is 15.8 Å². The molecule has 0 amide bonds. The zero-order valence-corrected chi connectivity index (χ0v) is 4.51. The Morgan fingerprint density at radius 2 is 1.25 bits per heavy atom. The van der Waals surface area contributed by atoms with E-state index in [4.69, 9.17) is 14.4 Å². The van der Waals surface area contributed by atoms with Crippen molar-refractivity contribution in [3.05, 3.63) is 0 Å². The van der Waals surface area contributed by atoms with Crippen LogP contribution in [0.1, 0.15) is 0 Å². The van der Waals surface area contributed by atoms with E-state index in [1.54, 1.807) is 0 Å². The van der Waals surface area contributed by atoms with Crippen LogP contribution in [0, 0.1) is 0 Å². The van der Waals surface area contributed by atoms with E-state index in [9.17, 15) is 12.9 Å². The van der Waals surface area contributed by atoms with Crippen molar-refractivity contribution in [3.8, 4) is 0 Å². The average Bonchev–Trinajstić information content (AvgIpc) is 1.25. The van der Waals surface area contributed by atoms with E-state index >= 15 is 0 Å². The molecule has 0 fully saturated rings. The van der Waals surface area contributed by atoms with E-state index in [0.717, 1.165) is 0 Å². The number of rotatable bonds is 0. The maximum absolute atomic E-state index is 9.67. The van der Waals surface area contributed by atoms with Crippen molar-refractivity contribution in [2.24, 2.45) is 0 Å². The Kier molecular flexibility index (Phi) is 9.54. The van der Waals surface area contributed by atoms with E-state index in [0.29, 0.717) is 0 Å². The van der Waals surface area contributed by atoms with Gasteiger partial charge >= 0.3 is 15.8 Å². The first-order valence-electron chi connectivity index (χ1n) is 1.31. The van der Waals surface area contributed by atoms with Gasteiger partial charge in [-0.15, -0.1) is 0 Å². The maximum Gasteiger partial charge on any atom is 0.762 e. The minimum absolute atomic E-state index is 3.13. The number of hydrogen-bond donors (Lipinski definition) is 2. The summed E-state index contributed by atoms with van der Waals surface area (Å²) in [6.45, 7) is 0. The molecule has 0 aromatic heterocycles. The Hall–Kier alpha value is 0.00494. The van der Waals surface area contributed by atoms with Gasteiger partial charge in [0.15, 0.2) is 0 Å². The highest BCUT2D eigenvalue weighted by Crippen LogP contribution is 1.98. The van der Waals surface area contributed by atoms with Gasteiger partial charge in [-0.05, 0) is 0 Å². The van der Waals surface area contributed by atoms with Crippen LogP contribution in [0.3, 0.4) is 0 Å². The molecule has 0 saturated carbocycles. The molecule has 8 heteroatoms. The van der Waals surface area contributed by atoms with Gasteiger partial charge in [0.05, 0.1) is 0 Å². The molecule has 0 atom stereocenters. The van der Waals surface area contributed by atoms with Crippen LogP contribution in [0.2, 0.25) is 0 Å². The molecule has 8 heavy (non-hydrogen) atoms. The largest absolute Gasteiger partial charge is 0.762 e. The predicted octanol–water partition coefficient (Wildman–Crippen LogP) is 0.240. The zero-order chi connectivity index (χ0) is 7.15. The maximum atomic E-state index is 9.67. The first kappa shape index (κ1) is 10.9. The summed E-state index contributed by atoms with van der Waals surface area (Å²) in [6.07, 6.45) is 0. The monoisotopic (exact) mass is 150 g/mol. The summed E-state index contributed by atoms with van der Waals surface area (Å²) < 4.78 is 37.7. The summed E-state index contributed by atoms with van der Waals surface area (Å²) in [6, 6.07) is 0. The predicted molar refractivity (Wildman–Crippen MR) is 22.5 cm³/mol. The van der Waals surface area contributed by atoms with E-state index in [1.165, 1.54) is 0 Å². The molecule has 0 aromatic rings. The Morgan fingerprint density at radius 3 is 1.25 bits per heavy atom. The summed E-state index contributed by atoms with van der Waals surface area (Å²) in [5.41, 5.74) is 0. The number of hydrogen-bond acceptors (Lipinski definition) is 1. The minimum atomic E-state index is -3.67. The molecule has 0 aromatic carbocycles. The molecule has 50 valence electrons.